The number of hydrogen-bond acceptors (Lipinski definition) is 4. The molecule has 0 unspecified atom stereocenters. The molecule has 0 saturated heterocycles. The van der Waals surface area contributed by atoms with Crippen LogP contribution in [-0.4, -0.2) is 22.8 Å². The van der Waals surface area contributed by atoms with Crippen molar-refractivity contribution in [3.63, 3.8) is 0 Å². The molecule has 1 amide bonds. The van der Waals surface area contributed by atoms with E-state index in [1.165, 1.54) is 0 Å². The van der Waals surface area contributed by atoms with Crippen molar-refractivity contribution >= 4 is 46.6 Å². The van der Waals surface area contributed by atoms with Gasteiger partial charge in [-0.3, -0.25) is 4.79 Å². The van der Waals surface area contributed by atoms with Crippen LogP contribution in [0.1, 0.15) is 38.8 Å². The van der Waals surface area contributed by atoms with Crippen molar-refractivity contribution in [1.82, 2.24) is 5.32 Å². The number of carboxylic acids is 1. The van der Waals surface area contributed by atoms with Gasteiger partial charge in [-0.25, -0.2) is 4.79 Å². The van der Waals surface area contributed by atoms with Gasteiger partial charge in [-0.15, -0.1) is 11.3 Å². The average Bonchev–Trinajstić information content (AvgIpc) is 2.53. The Labute approximate surface area is 130 Å². The van der Waals surface area contributed by atoms with Gasteiger partial charge in [0.15, 0.2) is 0 Å². The zero-order chi connectivity index (χ0) is 15.5. The summed E-state index contributed by atoms with van der Waals surface area (Å²) in [5.41, 5.74) is -0.205. The molecule has 20 heavy (non-hydrogen) atoms. The summed E-state index contributed by atoms with van der Waals surface area (Å²) in [4.78, 5) is 22.6. The molecule has 0 bridgehead atoms. The lowest BCUT2D eigenvalue weighted by Gasteiger charge is -2.22. The summed E-state index contributed by atoms with van der Waals surface area (Å²) < 4.78 is 5.87. The molecule has 0 saturated carbocycles. The van der Waals surface area contributed by atoms with E-state index < -0.39 is 23.7 Å². The van der Waals surface area contributed by atoms with E-state index >= 15 is 0 Å². The molecule has 2 N–H and O–H groups in total. The SMILES string of the molecule is CC(C)(C)OC(=O)N[C@H](CC(=O)O)c1cc(Cl)sc1Cl. The minimum atomic E-state index is -1.07. The standard InChI is InChI=1S/C12H15Cl2NO4S/c1-12(2,3)19-11(18)15-7(5-9(16)17)6-4-8(13)20-10(6)14/h4,7H,5H2,1-3H3,(H,15,18)(H,16,17)/t7-/m1/s1. The molecule has 1 aromatic rings. The van der Waals surface area contributed by atoms with Crippen LogP contribution in [0.4, 0.5) is 4.79 Å². The summed E-state index contributed by atoms with van der Waals surface area (Å²) in [5, 5.41) is 11.4. The molecule has 5 nitrogen and oxygen atoms in total. The minimum absolute atomic E-state index is 0.313. The Balaban J connectivity index is 2.88. The third kappa shape index (κ3) is 5.56. The van der Waals surface area contributed by atoms with E-state index in [0.717, 1.165) is 11.3 Å². The van der Waals surface area contributed by atoms with Crippen molar-refractivity contribution in [3.05, 3.63) is 20.3 Å². The van der Waals surface area contributed by atoms with Gasteiger partial charge in [-0.1, -0.05) is 23.2 Å². The number of hydrogen-bond donors (Lipinski definition) is 2. The van der Waals surface area contributed by atoms with Crippen LogP contribution in [0.3, 0.4) is 0 Å². The average molecular weight is 340 g/mol. The third-order valence-electron chi connectivity index (χ3n) is 2.13. The van der Waals surface area contributed by atoms with Crippen LogP contribution in [0.25, 0.3) is 0 Å². The van der Waals surface area contributed by atoms with Crippen molar-refractivity contribution in [2.24, 2.45) is 0 Å². The normalized spacial score (nSPS) is 12.8. The summed E-state index contributed by atoms with van der Waals surface area (Å²) >= 11 is 12.9. The first-order valence-electron chi connectivity index (χ1n) is 5.74. The highest BCUT2D eigenvalue weighted by Gasteiger charge is 2.25. The van der Waals surface area contributed by atoms with E-state index in [2.05, 4.69) is 5.32 Å². The molecule has 0 aliphatic carbocycles. The zero-order valence-corrected chi connectivity index (χ0v) is 13.5. The Morgan fingerprint density at radius 1 is 1.45 bits per heavy atom. The Kier molecular flexibility index (Phi) is 5.68. The van der Waals surface area contributed by atoms with Crippen LogP contribution in [0, 0.1) is 0 Å². The lowest BCUT2D eigenvalue weighted by Crippen LogP contribution is -2.35. The van der Waals surface area contributed by atoms with Crippen molar-refractivity contribution in [1.29, 1.82) is 0 Å². The van der Waals surface area contributed by atoms with Gasteiger partial charge >= 0.3 is 12.1 Å². The first-order valence-corrected chi connectivity index (χ1v) is 7.32. The number of ether oxygens (including phenoxy) is 1. The lowest BCUT2D eigenvalue weighted by molar-refractivity contribution is -0.137. The number of rotatable bonds is 4. The minimum Gasteiger partial charge on any atom is -0.481 e. The van der Waals surface area contributed by atoms with Gasteiger partial charge in [0.25, 0.3) is 0 Å². The summed E-state index contributed by atoms with van der Waals surface area (Å²) in [7, 11) is 0. The van der Waals surface area contributed by atoms with Gasteiger partial charge in [-0.2, -0.15) is 0 Å². The van der Waals surface area contributed by atoms with Crippen LogP contribution in [0.5, 0.6) is 0 Å². The van der Waals surface area contributed by atoms with Crippen molar-refractivity contribution < 1.29 is 19.4 Å². The molecule has 0 aliphatic rings. The molecule has 8 heteroatoms. The maximum absolute atomic E-state index is 11.7. The molecule has 1 heterocycles. The summed E-state index contributed by atoms with van der Waals surface area (Å²) in [6, 6.07) is 0.748. The second-order valence-electron chi connectivity index (χ2n) is 5.08. The van der Waals surface area contributed by atoms with E-state index in [9.17, 15) is 9.59 Å². The van der Waals surface area contributed by atoms with Crippen molar-refractivity contribution in [3.8, 4) is 0 Å². The molecular formula is C12H15Cl2NO4S. The molecule has 112 valence electrons. The van der Waals surface area contributed by atoms with E-state index in [4.69, 9.17) is 33.0 Å². The van der Waals surface area contributed by atoms with Gasteiger partial charge in [0.05, 0.1) is 21.1 Å². The maximum atomic E-state index is 11.7. The Morgan fingerprint density at radius 3 is 2.45 bits per heavy atom. The molecular weight excluding hydrogens is 325 g/mol. The van der Waals surface area contributed by atoms with Crippen LogP contribution in [0.15, 0.2) is 6.07 Å². The summed E-state index contributed by atoms with van der Waals surface area (Å²) in [6.07, 6.45) is -1.02. The fraction of sp³-hybridized carbons (Fsp3) is 0.500. The molecule has 0 aliphatic heterocycles. The second kappa shape index (κ2) is 6.65. The highest BCUT2D eigenvalue weighted by molar-refractivity contribution is 7.20. The zero-order valence-electron chi connectivity index (χ0n) is 11.2. The monoisotopic (exact) mass is 339 g/mol. The van der Waals surface area contributed by atoms with Gasteiger partial charge in [0.2, 0.25) is 0 Å². The summed E-state index contributed by atoms with van der Waals surface area (Å²) in [6.45, 7) is 5.15. The van der Waals surface area contributed by atoms with Gasteiger partial charge in [0, 0.05) is 5.56 Å². The Bertz CT molecular complexity index is 510. The lowest BCUT2D eigenvalue weighted by atomic mass is 10.1. The van der Waals surface area contributed by atoms with E-state index in [1.807, 2.05) is 0 Å². The second-order valence-corrected chi connectivity index (χ2v) is 7.36. The highest BCUT2D eigenvalue weighted by atomic mass is 35.5. The number of aliphatic carboxylic acids is 1. The number of amides is 1. The van der Waals surface area contributed by atoms with Crippen LogP contribution < -0.4 is 5.32 Å². The predicted octanol–water partition coefficient (Wildman–Crippen LogP) is 4.10. The number of halogens is 2. The third-order valence-corrected chi connectivity index (χ3v) is 3.65. The van der Waals surface area contributed by atoms with Gasteiger partial charge in [-0.05, 0) is 26.8 Å². The first kappa shape index (κ1) is 17.1. The van der Waals surface area contributed by atoms with E-state index in [-0.39, 0.29) is 6.42 Å². The number of carbonyl (C=O) groups excluding carboxylic acids is 1. The highest BCUT2D eigenvalue weighted by Crippen LogP contribution is 2.36. The van der Waals surface area contributed by atoms with Crippen molar-refractivity contribution in [2.45, 2.75) is 38.8 Å². The smallest absolute Gasteiger partial charge is 0.408 e. The number of carbonyl (C=O) groups is 2. The van der Waals surface area contributed by atoms with Crippen LogP contribution >= 0.6 is 34.5 Å². The molecule has 1 rings (SSSR count). The van der Waals surface area contributed by atoms with Crippen LogP contribution in [0.2, 0.25) is 8.67 Å². The van der Waals surface area contributed by atoms with Gasteiger partial charge < -0.3 is 15.2 Å². The van der Waals surface area contributed by atoms with Gasteiger partial charge in [0.1, 0.15) is 5.60 Å². The molecule has 0 spiro atoms. The fourth-order valence-electron chi connectivity index (χ4n) is 1.45. The molecule has 0 aromatic carbocycles. The largest absolute Gasteiger partial charge is 0.481 e. The number of nitrogens with one attached hydrogen (secondary N) is 1. The quantitative estimate of drug-likeness (QED) is 0.865. The number of carboxylic acid groups (broad SMARTS) is 1. The van der Waals surface area contributed by atoms with Crippen molar-refractivity contribution in [2.75, 3.05) is 0 Å². The topological polar surface area (TPSA) is 75.6 Å². The Morgan fingerprint density at radius 2 is 2.05 bits per heavy atom. The molecule has 0 fully saturated rings. The van der Waals surface area contributed by atoms with E-state index in [0.29, 0.717) is 14.2 Å². The summed E-state index contributed by atoms with van der Waals surface area (Å²) in [5.74, 6) is -1.07. The predicted molar refractivity (Wildman–Crippen MR) is 78.7 cm³/mol. The number of alkyl carbamates (subject to hydrolysis) is 1. The molecule has 0 radical (unpaired) electrons. The van der Waals surface area contributed by atoms with Crippen LogP contribution in [-0.2, 0) is 9.53 Å². The molecule has 1 aromatic heterocycles. The number of thiophene rings is 1. The van der Waals surface area contributed by atoms with E-state index in [1.54, 1.807) is 26.8 Å². The fourth-order valence-corrected chi connectivity index (χ4v) is 3.03. The maximum Gasteiger partial charge on any atom is 0.408 e. The first-order chi connectivity index (χ1) is 9.08. The Hall–Kier alpha value is -0.980. The molecule has 1 atom stereocenters.